The van der Waals surface area contributed by atoms with Crippen molar-refractivity contribution in [1.82, 2.24) is 15.0 Å². The van der Waals surface area contributed by atoms with E-state index >= 15 is 0 Å². The average Bonchev–Trinajstić information content (AvgIpc) is 2.60. The van der Waals surface area contributed by atoms with Crippen molar-refractivity contribution in [2.24, 2.45) is 0 Å². The summed E-state index contributed by atoms with van der Waals surface area (Å²) in [4.78, 5) is 13.6. The van der Waals surface area contributed by atoms with E-state index in [9.17, 15) is 0 Å². The molecule has 0 saturated carbocycles. The van der Waals surface area contributed by atoms with E-state index in [0.29, 0.717) is 0 Å². The molecule has 4 heteroatoms. The van der Waals surface area contributed by atoms with Crippen LogP contribution in [0.15, 0.2) is 55.0 Å². The van der Waals surface area contributed by atoms with Crippen molar-refractivity contribution < 1.29 is 20.1 Å². The van der Waals surface area contributed by atoms with E-state index in [1.807, 2.05) is 36.8 Å². The first kappa shape index (κ1) is 17.7. The second-order valence-electron chi connectivity index (χ2n) is 6.99. The van der Waals surface area contributed by atoms with Crippen molar-refractivity contribution in [2.45, 2.75) is 26.2 Å². The molecule has 0 bridgehead atoms. The summed E-state index contributed by atoms with van der Waals surface area (Å²) < 4.78 is 0. The number of hydrogen-bond acceptors (Lipinski definition) is 3. The molecule has 3 heterocycles. The van der Waals surface area contributed by atoms with E-state index in [-0.39, 0.29) is 25.5 Å². The van der Waals surface area contributed by atoms with Gasteiger partial charge in [0.25, 0.3) is 0 Å². The van der Waals surface area contributed by atoms with Crippen LogP contribution in [0.2, 0.25) is 0 Å². The van der Waals surface area contributed by atoms with E-state index in [2.05, 4.69) is 55.0 Å². The van der Waals surface area contributed by atoms with E-state index in [1.54, 1.807) is 0 Å². The van der Waals surface area contributed by atoms with Gasteiger partial charge in [0.1, 0.15) is 0 Å². The second kappa shape index (κ2) is 6.62. The minimum Gasteiger partial charge on any atom is -0.317 e. The normalized spacial score (nSPS) is 11.5. The Balaban J connectivity index is 0.00000182. The Morgan fingerprint density at radius 3 is 2.48 bits per heavy atom. The zero-order valence-corrected chi connectivity index (χ0v) is 16.8. The van der Waals surface area contributed by atoms with E-state index < -0.39 is 0 Å². The Kier molecular flexibility index (Phi) is 4.68. The first-order valence-corrected chi connectivity index (χ1v) is 8.05. The molecule has 0 amide bonds. The molecular formula is C21H18IrN3-. The van der Waals surface area contributed by atoms with Crippen LogP contribution in [0, 0.1) is 6.07 Å². The fourth-order valence-corrected chi connectivity index (χ4v) is 2.95. The molecule has 0 aliphatic carbocycles. The first-order valence-electron chi connectivity index (χ1n) is 8.05. The van der Waals surface area contributed by atoms with Crippen LogP contribution in [0.5, 0.6) is 0 Å². The van der Waals surface area contributed by atoms with Gasteiger partial charge in [-0.05, 0) is 50.8 Å². The van der Waals surface area contributed by atoms with Gasteiger partial charge >= 0.3 is 0 Å². The maximum absolute atomic E-state index is 4.81. The van der Waals surface area contributed by atoms with Crippen molar-refractivity contribution in [3.05, 3.63) is 66.7 Å². The Bertz CT molecular complexity index is 1050. The fraction of sp³-hybridized carbons (Fsp3) is 0.190. The van der Waals surface area contributed by atoms with Crippen molar-refractivity contribution in [1.29, 1.82) is 0 Å². The van der Waals surface area contributed by atoms with Gasteiger partial charge in [0, 0.05) is 44.1 Å². The number of fused-ring (bicyclic) bond motifs is 3. The van der Waals surface area contributed by atoms with Crippen molar-refractivity contribution in [3.63, 3.8) is 0 Å². The van der Waals surface area contributed by atoms with Gasteiger partial charge in [-0.25, -0.2) is 0 Å². The van der Waals surface area contributed by atoms with Gasteiger partial charge in [-0.15, -0.1) is 6.07 Å². The molecule has 0 N–H and O–H groups in total. The number of pyridine rings is 3. The molecule has 3 aromatic heterocycles. The fourth-order valence-electron chi connectivity index (χ4n) is 2.95. The number of hydrogen-bond donors (Lipinski definition) is 0. The third kappa shape index (κ3) is 3.20. The SMILES string of the molecule is CC(C)(C)c1cc[c-]c(-c2nccc3c2ccc2cnccc23)n1.[Ir]. The monoisotopic (exact) mass is 505 g/mol. The summed E-state index contributed by atoms with van der Waals surface area (Å²) in [6.07, 6.45) is 5.56. The predicted molar refractivity (Wildman–Crippen MR) is 97.8 cm³/mol. The van der Waals surface area contributed by atoms with Gasteiger partial charge < -0.3 is 4.98 Å². The van der Waals surface area contributed by atoms with E-state index in [0.717, 1.165) is 33.2 Å². The molecule has 25 heavy (non-hydrogen) atoms. The molecule has 1 aromatic carbocycles. The Morgan fingerprint density at radius 2 is 1.68 bits per heavy atom. The molecule has 4 rings (SSSR count). The summed E-state index contributed by atoms with van der Waals surface area (Å²) >= 11 is 0. The van der Waals surface area contributed by atoms with Crippen LogP contribution >= 0.6 is 0 Å². The zero-order chi connectivity index (χ0) is 16.7. The summed E-state index contributed by atoms with van der Waals surface area (Å²) in [5.41, 5.74) is 2.70. The van der Waals surface area contributed by atoms with Gasteiger partial charge in [0.05, 0.1) is 0 Å². The van der Waals surface area contributed by atoms with Crippen LogP contribution in [0.3, 0.4) is 0 Å². The molecular weight excluding hydrogens is 486 g/mol. The average molecular weight is 505 g/mol. The van der Waals surface area contributed by atoms with E-state index in [1.165, 1.54) is 5.39 Å². The maximum Gasteiger partial charge on any atom is 0.0346 e. The molecule has 127 valence electrons. The van der Waals surface area contributed by atoms with Gasteiger partial charge in [-0.3, -0.25) is 9.97 Å². The standard InChI is InChI=1S/C21H18N3.Ir/c1-21(2,3)19-6-4-5-18(24-19)20-17-8-7-14-13-22-11-9-15(14)16(17)10-12-23-20;/h4,6-13H,1-3H3;/q-1;. The Hall–Kier alpha value is -2.16. The minimum absolute atomic E-state index is 0. The third-order valence-corrected chi connectivity index (χ3v) is 4.25. The number of benzene rings is 1. The molecule has 3 nitrogen and oxygen atoms in total. The van der Waals surface area contributed by atoms with Crippen LogP contribution < -0.4 is 0 Å². The quantitative estimate of drug-likeness (QED) is 0.272. The van der Waals surface area contributed by atoms with Crippen LogP contribution in [0.1, 0.15) is 26.5 Å². The third-order valence-electron chi connectivity index (χ3n) is 4.25. The molecule has 0 fully saturated rings. The van der Waals surface area contributed by atoms with Gasteiger partial charge in [0.2, 0.25) is 0 Å². The summed E-state index contributed by atoms with van der Waals surface area (Å²) in [5.74, 6) is 0. The van der Waals surface area contributed by atoms with Gasteiger partial charge in [0.15, 0.2) is 0 Å². The maximum atomic E-state index is 4.81. The Labute approximate surface area is 160 Å². The molecule has 4 aromatic rings. The molecule has 0 spiro atoms. The molecule has 0 saturated heterocycles. The van der Waals surface area contributed by atoms with Crippen molar-refractivity contribution in [2.75, 3.05) is 0 Å². The summed E-state index contributed by atoms with van der Waals surface area (Å²) in [6.45, 7) is 6.49. The molecule has 0 aliphatic heterocycles. The first-order chi connectivity index (χ1) is 11.5. The van der Waals surface area contributed by atoms with Crippen LogP contribution in [0.4, 0.5) is 0 Å². The van der Waals surface area contributed by atoms with Crippen LogP contribution in [0.25, 0.3) is 32.9 Å². The molecule has 1 radical (unpaired) electrons. The number of nitrogens with zero attached hydrogens (tertiary/aromatic N) is 3. The molecule has 0 atom stereocenters. The van der Waals surface area contributed by atoms with Crippen molar-refractivity contribution in [3.8, 4) is 11.4 Å². The number of rotatable bonds is 1. The summed E-state index contributed by atoms with van der Waals surface area (Å²) in [5, 5.41) is 4.56. The van der Waals surface area contributed by atoms with Gasteiger partial charge in [-0.2, -0.15) is 12.1 Å². The smallest absolute Gasteiger partial charge is 0.0346 e. The predicted octanol–water partition coefficient (Wildman–Crippen LogP) is 4.94. The Morgan fingerprint density at radius 1 is 0.880 bits per heavy atom. The molecule has 0 aliphatic rings. The van der Waals surface area contributed by atoms with Gasteiger partial charge in [-0.1, -0.05) is 32.9 Å². The summed E-state index contributed by atoms with van der Waals surface area (Å²) in [6, 6.07) is 15.5. The van der Waals surface area contributed by atoms with Crippen molar-refractivity contribution >= 4 is 21.5 Å². The number of aromatic nitrogens is 3. The second-order valence-corrected chi connectivity index (χ2v) is 6.99. The topological polar surface area (TPSA) is 38.7 Å². The largest absolute Gasteiger partial charge is 0.317 e. The van der Waals surface area contributed by atoms with Crippen LogP contribution in [-0.2, 0) is 25.5 Å². The zero-order valence-electron chi connectivity index (χ0n) is 14.4. The minimum atomic E-state index is -0.00714. The summed E-state index contributed by atoms with van der Waals surface area (Å²) in [7, 11) is 0. The molecule has 0 unspecified atom stereocenters. The van der Waals surface area contributed by atoms with Crippen LogP contribution in [-0.4, -0.2) is 15.0 Å². The van der Waals surface area contributed by atoms with E-state index in [4.69, 9.17) is 4.98 Å².